The van der Waals surface area contributed by atoms with Crippen LogP contribution < -0.4 is 10.2 Å². The van der Waals surface area contributed by atoms with Crippen molar-refractivity contribution < 1.29 is 32.9 Å². The van der Waals surface area contributed by atoms with Crippen LogP contribution in [0.4, 0.5) is 0 Å². The molecule has 0 heterocycles. The van der Waals surface area contributed by atoms with Gasteiger partial charge in [0.2, 0.25) is 5.91 Å². The summed E-state index contributed by atoms with van der Waals surface area (Å²) in [7, 11) is 1.27. The van der Waals surface area contributed by atoms with Crippen LogP contribution in [0.2, 0.25) is 0 Å². The molecule has 0 saturated heterocycles. The zero-order valence-corrected chi connectivity index (χ0v) is 38.0. The molecule has 0 bridgehead atoms. The van der Waals surface area contributed by atoms with Crippen molar-refractivity contribution in [3.05, 3.63) is 12.2 Å². The number of hydrogen-bond donors (Lipinski definition) is 2. The van der Waals surface area contributed by atoms with E-state index in [0.717, 1.165) is 38.5 Å². The Bertz CT molecular complexity index is 911. The zero-order chi connectivity index (χ0) is 40.7. The quantitative estimate of drug-likeness (QED) is 0.0275. The van der Waals surface area contributed by atoms with E-state index in [4.69, 9.17) is 9.05 Å². The second-order valence-electron chi connectivity index (χ2n) is 17.5. The fourth-order valence-corrected chi connectivity index (χ4v) is 7.70. The molecule has 0 aromatic rings. The smallest absolute Gasteiger partial charge is 0.268 e. The molecule has 0 fully saturated rings. The van der Waals surface area contributed by atoms with E-state index >= 15 is 0 Å². The standard InChI is InChI=1S/C46H93N2O6P/c1-6-8-10-12-14-15-16-17-18-19-20-21-22-23-24-25-26-27-28-29-30-31-32-33-34-35-37-39-45(49)44(47-46(50)40-38-36-13-11-9-7-2)43-54-55(51,52)53-42-41-48(3,4)5/h37,39,44-45,49H,6-36,38,40-43H2,1-5H3,(H-,47,50,51,52)/b39-37+. The predicted octanol–water partition coefficient (Wildman–Crippen LogP) is 12.5. The summed E-state index contributed by atoms with van der Waals surface area (Å²) < 4.78 is 23.1. The molecule has 0 radical (unpaired) electrons. The normalized spacial score (nSPS) is 14.4. The first kappa shape index (κ1) is 54.2. The van der Waals surface area contributed by atoms with E-state index in [1.54, 1.807) is 6.08 Å². The molecule has 3 atom stereocenters. The van der Waals surface area contributed by atoms with Crippen molar-refractivity contribution in [1.82, 2.24) is 5.32 Å². The second-order valence-corrected chi connectivity index (χ2v) is 18.9. The minimum absolute atomic E-state index is 0.00139. The number of carbonyl (C=O) groups excluding carboxylic acids is 1. The van der Waals surface area contributed by atoms with Gasteiger partial charge >= 0.3 is 0 Å². The summed E-state index contributed by atoms with van der Waals surface area (Å²) >= 11 is 0. The van der Waals surface area contributed by atoms with Gasteiger partial charge in [-0.2, -0.15) is 0 Å². The van der Waals surface area contributed by atoms with Gasteiger partial charge in [0.15, 0.2) is 0 Å². The highest BCUT2D eigenvalue weighted by molar-refractivity contribution is 7.45. The topological polar surface area (TPSA) is 108 Å². The van der Waals surface area contributed by atoms with Gasteiger partial charge in [-0.25, -0.2) is 0 Å². The van der Waals surface area contributed by atoms with Gasteiger partial charge in [-0.15, -0.1) is 0 Å². The molecule has 0 aromatic heterocycles. The van der Waals surface area contributed by atoms with Gasteiger partial charge in [0.05, 0.1) is 39.9 Å². The van der Waals surface area contributed by atoms with E-state index in [9.17, 15) is 19.4 Å². The van der Waals surface area contributed by atoms with Crippen LogP contribution >= 0.6 is 7.82 Å². The molecule has 0 aliphatic rings. The summed E-state index contributed by atoms with van der Waals surface area (Å²) in [4.78, 5) is 25.0. The third kappa shape index (κ3) is 41.2. The lowest BCUT2D eigenvalue weighted by molar-refractivity contribution is -0.870. The predicted molar refractivity (Wildman–Crippen MR) is 233 cm³/mol. The number of quaternary nitrogens is 1. The highest BCUT2D eigenvalue weighted by Crippen LogP contribution is 2.38. The van der Waals surface area contributed by atoms with E-state index in [1.807, 2.05) is 27.2 Å². The summed E-state index contributed by atoms with van der Waals surface area (Å²) in [5, 5.41) is 13.7. The molecule has 0 rings (SSSR count). The minimum atomic E-state index is -4.57. The minimum Gasteiger partial charge on any atom is -0.756 e. The van der Waals surface area contributed by atoms with Crippen LogP contribution in [0.3, 0.4) is 0 Å². The summed E-state index contributed by atoms with van der Waals surface area (Å²) in [5.41, 5.74) is 0. The number of rotatable bonds is 43. The number of aliphatic hydroxyl groups is 1. The average Bonchev–Trinajstić information content (AvgIpc) is 3.13. The average molecular weight is 801 g/mol. The van der Waals surface area contributed by atoms with Crippen LogP contribution in [0, 0.1) is 0 Å². The lowest BCUT2D eigenvalue weighted by Crippen LogP contribution is -2.45. The molecule has 55 heavy (non-hydrogen) atoms. The first-order valence-electron chi connectivity index (χ1n) is 23.6. The number of nitrogens with zero attached hydrogens (tertiary/aromatic N) is 1. The molecule has 3 unspecified atom stereocenters. The maximum Gasteiger partial charge on any atom is 0.268 e. The number of carbonyl (C=O) groups is 1. The Balaban J connectivity index is 4.02. The monoisotopic (exact) mass is 801 g/mol. The summed E-state index contributed by atoms with van der Waals surface area (Å²) in [6, 6.07) is -0.878. The summed E-state index contributed by atoms with van der Waals surface area (Å²) in [5.74, 6) is -0.205. The van der Waals surface area contributed by atoms with Crippen molar-refractivity contribution in [1.29, 1.82) is 0 Å². The Kier molecular flexibility index (Phi) is 38.2. The molecule has 0 spiro atoms. The SMILES string of the molecule is CCCCCCCCCCCCCCCCCCCCCCCCCCC/C=C/C(O)C(COP(=O)([O-])OCC[N+](C)(C)C)NC(=O)CCCCCCCC. The van der Waals surface area contributed by atoms with E-state index in [-0.39, 0.29) is 19.1 Å². The molecule has 2 N–H and O–H groups in total. The van der Waals surface area contributed by atoms with Crippen molar-refractivity contribution in [2.75, 3.05) is 40.9 Å². The fourth-order valence-electron chi connectivity index (χ4n) is 6.98. The number of hydrogen-bond acceptors (Lipinski definition) is 6. The molecular weight excluding hydrogens is 707 g/mol. The number of likely N-dealkylation sites (N-methyl/N-ethyl adjacent to an activating group) is 1. The van der Waals surface area contributed by atoms with E-state index in [1.165, 1.54) is 167 Å². The van der Waals surface area contributed by atoms with Crippen LogP contribution in [0.15, 0.2) is 12.2 Å². The Morgan fingerprint density at radius 3 is 1.36 bits per heavy atom. The first-order chi connectivity index (χ1) is 26.5. The molecule has 328 valence electrons. The Morgan fingerprint density at radius 2 is 0.982 bits per heavy atom. The van der Waals surface area contributed by atoms with Gasteiger partial charge in [0.1, 0.15) is 13.2 Å². The Morgan fingerprint density at radius 1 is 0.618 bits per heavy atom. The van der Waals surface area contributed by atoms with Crippen LogP contribution in [0.1, 0.15) is 226 Å². The fraction of sp³-hybridized carbons (Fsp3) is 0.935. The Labute approximate surface area is 342 Å². The Hall–Kier alpha value is -0.760. The number of allylic oxidation sites excluding steroid dienone is 1. The number of unbranched alkanes of at least 4 members (excludes halogenated alkanes) is 30. The third-order valence-corrected chi connectivity index (χ3v) is 11.7. The molecule has 9 heteroatoms. The van der Waals surface area contributed by atoms with Crippen LogP contribution in [-0.4, -0.2) is 68.5 Å². The van der Waals surface area contributed by atoms with Crippen molar-refractivity contribution in [2.45, 2.75) is 238 Å². The van der Waals surface area contributed by atoms with Crippen molar-refractivity contribution in [2.24, 2.45) is 0 Å². The maximum absolute atomic E-state index is 12.7. The van der Waals surface area contributed by atoms with Crippen molar-refractivity contribution in [3.63, 3.8) is 0 Å². The number of phosphoric acid groups is 1. The van der Waals surface area contributed by atoms with Gasteiger partial charge in [0.25, 0.3) is 7.82 Å². The van der Waals surface area contributed by atoms with Gasteiger partial charge < -0.3 is 28.8 Å². The lowest BCUT2D eigenvalue weighted by Gasteiger charge is -2.29. The molecule has 1 amide bonds. The van der Waals surface area contributed by atoms with Crippen molar-refractivity contribution >= 4 is 13.7 Å². The summed E-state index contributed by atoms with van der Waals surface area (Å²) in [6.07, 6.45) is 44.5. The molecule has 0 aliphatic heterocycles. The number of phosphoric ester groups is 1. The largest absolute Gasteiger partial charge is 0.756 e. The van der Waals surface area contributed by atoms with Crippen molar-refractivity contribution in [3.8, 4) is 0 Å². The number of nitrogens with one attached hydrogen (secondary N) is 1. The lowest BCUT2D eigenvalue weighted by atomic mass is 10.0. The molecule has 0 aromatic carbocycles. The number of aliphatic hydroxyl groups excluding tert-OH is 1. The third-order valence-electron chi connectivity index (χ3n) is 10.7. The molecule has 0 saturated carbocycles. The van der Waals surface area contributed by atoms with Crippen LogP contribution in [0.5, 0.6) is 0 Å². The maximum atomic E-state index is 12.7. The molecule has 0 aliphatic carbocycles. The van der Waals surface area contributed by atoms with Gasteiger partial charge in [0, 0.05) is 6.42 Å². The van der Waals surface area contributed by atoms with Crippen LogP contribution in [-0.2, 0) is 18.4 Å². The molecular formula is C46H93N2O6P. The van der Waals surface area contributed by atoms with Crippen LogP contribution in [0.25, 0.3) is 0 Å². The summed E-state index contributed by atoms with van der Waals surface area (Å²) in [6.45, 7) is 4.59. The zero-order valence-electron chi connectivity index (χ0n) is 37.1. The second kappa shape index (κ2) is 38.7. The first-order valence-corrected chi connectivity index (χ1v) is 25.0. The molecule has 8 nitrogen and oxygen atoms in total. The number of amides is 1. The highest BCUT2D eigenvalue weighted by atomic mass is 31.2. The van der Waals surface area contributed by atoms with E-state index in [2.05, 4.69) is 19.2 Å². The highest BCUT2D eigenvalue weighted by Gasteiger charge is 2.23. The van der Waals surface area contributed by atoms with E-state index in [0.29, 0.717) is 17.4 Å². The van der Waals surface area contributed by atoms with E-state index < -0.39 is 20.0 Å². The van der Waals surface area contributed by atoms with Gasteiger partial charge in [-0.05, 0) is 19.3 Å². The van der Waals surface area contributed by atoms with Gasteiger partial charge in [-0.1, -0.05) is 212 Å². The van der Waals surface area contributed by atoms with Gasteiger partial charge in [-0.3, -0.25) is 9.36 Å².